The van der Waals surface area contributed by atoms with Gasteiger partial charge >= 0.3 is 5.97 Å². The van der Waals surface area contributed by atoms with Crippen LogP contribution in [0.25, 0.3) is 0 Å². The first-order chi connectivity index (χ1) is 17.3. The molecule has 3 aromatic carbocycles. The van der Waals surface area contributed by atoms with Crippen molar-refractivity contribution < 1.29 is 28.7 Å². The van der Waals surface area contributed by atoms with E-state index in [4.69, 9.17) is 14.2 Å². The lowest BCUT2D eigenvalue weighted by atomic mass is 10.1. The van der Waals surface area contributed by atoms with Crippen LogP contribution < -0.4 is 19.6 Å². The maximum atomic E-state index is 12.4. The van der Waals surface area contributed by atoms with Crippen LogP contribution >= 0.6 is 0 Å². The molecule has 0 heterocycles. The summed E-state index contributed by atoms with van der Waals surface area (Å²) < 4.78 is 16.4. The molecule has 0 radical (unpaired) electrons. The standard InChI is InChI=1S/C26H25N3O7/c1-4-34-24-14-19(15-27-28-25(30)16-35-22-11-5-17(2)18(3)13-22)6-12-23(24)36-26(31)20-7-9-21(10-8-20)29(32)33/h5-15H,4,16H2,1-3H3,(H,28,30). The fourth-order valence-electron chi connectivity index (χ4n) is 3.00. The van der Waals surface area contributed by atoms with Gasteiger partial charge in [-0.25, -0.2) is 10.2 Å². The number of aryl methyl sites for hydroxylation is 2. The Kier molecular flexibility index (Phi) is 8.71. The summed E-state index contributed by atoms with van der Waals surface area (Å²) in [6.07, 6.45) is 1.42. The van der Waals surface area contributed by atoms with E-state index in [0.717, 1.165) is 11.1 Å². The number of hydrogen-bond acceptors (Lipinski definition) is 8. The van der Waals surface area contributed by atoms with Gasteiger partial charge in [-0.05, 0) is 79.9 Å². The molecule has 0 aliphatic rings. The highest BCUT2D eigenvalue weighted by Crippen LogP contribution is 2.29. The number of hydrazone groups is 1. The predicted octanol–water partition coefficient (Wildman–Crippen LogP) is 4.36. The van der Waals surface area contributed by atoms with Crippen molar-refractivity contribution in [1.82, 2.24) is 5.43 Å². The van der Waals surface area contributed by atoms with Crippen LogP contribution in [0.1, 0.15) is 34.0 Å². The summed E-state index contributed by atoms with van der Waals surface area (Å²) in [5.74, 6) is -0.0619. The van der Waals surface area contributed by atoms with Crippen LogP contribution in [-0.4, -0.2) is 36.2 Å². The Morgan fingerprint density at radius 2 is 1.72 bits per heavy atom. The minimum absolute atomic E-state index is 0.130. The lowest BCUT2D eigenvalue weighted by Crippen LogP contribution is -2.24. The summed E-state index contributed by atoms with van der Waals surface area (Å²) in [5, 5.41) is 14.7. The molecule has 0 saturated carbocycles. The summed E-state index contributed by atoms with van der Waals surface area (Å²) in [4.78, 5) is 34.7. The van der Waals surface area contributed by atoms with Gasteiger partial charge in [0.05, 0.1) is 23.3 Å². The molecule has 1 N–H and O–H groups in total. The second-order valence-corrected chi connectivity index (χ2v) is 7.66. The molecule has 1 amide bonds. The van der Waals surface area contributed by atoms with E-state index in [2.05, 4.69) is 10.5 Å². The fraction of sp³-hybridized carbons (Fsp3) is 0.192. The van der Waals surface area contributed by atoms with Gasteiger partial charge in [0.1, 0.15) is 5.75 Å². The molecule has 36 heavy (non-hydrogen) atoms. The Labute approximate surface area is 207 Å². The number of nitrogens with one attached hydrogen (secondary N) is 1. The van der Waals surface area contributed by atoms with Crippen LogP contribution in [0.5, 0.6) is 17.2 Å². The monoisotopic (exact) mass is 491 g/mol. The molecule has 0 aliphatic heterocycles. The number of nitrogens with zero attached hydrogens (tertiary/aromatic N) is 2. The lowest BCUT2D eigenvalue weighted by Gasteiger charge is -2.11. The van der Waals surface area contributed by atoms with Crippen molar-refractivity contribution in [3.8, 4) is 17.2 Å². The van der Waals surface area contributed by atoms with Crippen molar-refractivity contribution in [2.24, 2.45) is 5.10 Å². The maximum Gasteiger partial charge on any atom is 0.343 e. The Balaban J connectivity index is 1.60. The smallest absolute Gasteiger partial charge is 0.343 e. The van der Waals surface area contributed by atoms with Gasteiger partial charge in [0.25, 0.3) is 11.6 Å². The summed E-state index contributed by atoms with van der Waals surface area (Å²) in [5.41, 5.74) is 5.20. The predicted molar refractivity (Wildman–Crippen MR) is 133 cm³/mol. The van der Waals surface area contributed by atoms with Crippen LogP contribution in [0, 0.1) is 24.0 Å². The maximum absolute atomic E-state index is 12.4. The zero-order valence-corrected chi connectivity index (χ0v) is 20.0. The Hall–Kier alpha value is -4.73. The number of rotatable bonds is 10. The number of carbonyl (C=O) groups excluding carboxylic acids is 2. The number of ether oxygens (including phenoxy) is 3. The van der Waals surface area contributed by atoms with Gasteiger partial charge in [0, 0.05) is 12.1 Å². The lowest BCUT2D eigenvalue weighted by molar-refractivity contribution is -0.384. The molecule has 0 aromatic heterocycles. The van der Waals surface area contributed by atoms with E-state index in [9.17, 15) is 19.7 Å². The zero-order valence-electron chi connectivity index (χ0n) is 20.0. The summed E-state index contributed by atoms with van der Waals surface area (Å²) >= 11 is 0. The molecule has 0 bridgehead atoms. The fourth-order valence-corrected chi connectivity index (χ4v) is 3.00. The summed E-state index contributed by atoms with van der Waals surface area (Å²) in [6.45, 7) is 5.85. The minimum atomic E-state index is -0.691. The highest BCUT2D eigenvalue weighted by atomic mass is 16.6. The van der Waals surface area contributed by atoms with Crippen molar-refractivity contribution in [2.45, 2.75) is 20.8 Å². The van der Waals surface area contributed by atoms with Crippen LogP contribution in [0.3, 0.4) is 0 Å². The Bertz CT molecular complexity index is 1290. The van der Waals surface area contributed by atoms with Gasteiger partial charge in [-0.2, -0.15) is 5.10 Å². The van der Waals surface area contributed by atoms with E-state index in [0.29, 0.717) is 23.7 Å². The molecule has 0 spiro atoms. The van der Waals surface area contributed by atoms with Crippen molar-refractivity contribution in [3.63, 3.8) is 0 Å². The summed E-state index contributed by atoms with van der Waals surface area (Å²) in [7, 11) is 0. The number of amides is 1. The average molecular weight is 492 g/mol. The van der Waals surface area contributed by atoms with Crippen LogP contribution in [0.2, 0.25) is 0 Å². The quantitative estimate of drug-likeness (QED) is 0.147. The van der Waals surface area contributed by atoms with E-state index in [-0.39, 0.29) is 23.6 Å². The Morgan fingerprint density at radius 3 is 2.39 bits per heavy atom. The van der Waals surface area contributed by atoms with Crippen LogP contribution in [0.15, 0.2) is 65.8 Å². The molecule has 0 atom stereocenters. The third-order valence-corrected chi connectivity index (χ3v) is 5.04. The number of non-ortho nitro benzene ring substituents is 1. The second-order valence-electron chi connectivity index (χ2n) is 7.66. The van der Waals surface area contributed by atoms with Gasteiger partial charge in [0.15, 0.2) is 18.1 Å². The number of nitro benzene ring substituents is 1. The number of esters is 1. The largest absolute Gasteiger partial charge is 0.490 e. The second kappa shape index (κ2) is 12.1. The molecule has 10 heteroatoms. The number of benzene rings is 3. The highest BCUT2D eigenvalue weighted by Gasteiger charge is 2.15. The molecule has 186 valence electrons. The van der Waals surface area contributed by atoms with Gasteiger partial charge < -0.3 is 14.2 Å². The van der Waals surface area contributed by atoms with E-state index in [1.165, 1.54) is 36.5 Å². The molecule has 0 saturated heterocycles. The van der Waals surface area contributed by atoms with Crippen molar-refractivity contribution in [1.29, 1.82) is 0 Å². The molecule has 10 nitrogen and oxygen atoms in total. The topological polar surface area (TPSA) is 129 Å². The number of nitro groups is 1. The molecule has 3 aromatic rings. The highest BCUT2D eigenvalue weighted by molar-refractivity contribution is 5.92. The third-order valence-electron chi connectivity index (χ3n) is 5.04. The Morgan fingerprint density at radius 1 is 0.972 bits per heavy atom. The van der Waals surface area contributed by atoms with E-state index in [1.54, 1.807) is 25.1 Å². The van der Waals surface area contributed by atoms with Crippen LogP contribution in [0.4, 0.5) is 5.69 Å². The number of carbonyl (C=O) groups is 2. The van der Waals surface area contributed by atoms with Crippen molar-refractivity contribution in [3.05, 3.63) is 93.0 Å². The summed E-state index contributed by atoms with van der Waals surface area (Å²) in [6, 6.07) is 15.4. The van der Waals surface area contributed by atoms with Crippen molar-refractivity contribution >= 4 is 23.8 Å². The molecular weight excluding hydrogens is 466 g/mol. The first-order valence-corrected chi connectivity index (χ1v) is 11.0. The molecular formula is C26H25N3O7. The normalized spacial score (nSPS) is 10.6. The zero-order chi connectivity index (χ0) is 26.1. The average Bonchev–Trinajstić information content (AvgIpc) is 2.86. The minimum Gasteiger partial charge on any atom is -0.490 e. The van der Waals surface area contributed by atoms with Gasteiger partial charge in [-0.1, -0.05) is 6.07 Å². The molecule has 0 fully saturated rings. The van der Waals surface area contributed by atoms with E-state index < -0.39 is 16.8 Å². The van der Waals surface area contributed by atoms with Crippen molar-refractivity contribution in [2.75, 3.05) is 13.2 Å². The molecule has 3 rings (SSSR count). The SMILES string of the molecule is CCOc1cc(C=NNC(=O)COc2ccc(C)c(C)c2)ccc1OC(=O)c1ccc([N+](=O)[O-])cc1. The van der Waals surface area contributed by atoms with Gasteiger partial charge in [-0.15, -0.1) is 0 Å². The van der Waals surface area contributed by atoms with Gasteiger partial charge in [0.2, 0.25) is 0 Å². The number of hydrogen-bond donors (Lipinski definition) is 1. The van der Waals surface area contributed by atoms with Gasteiger partial charge in [-0.3, -0.25) is 14.9 Å². The first kappa shape index (κ1) is 25.9. The molecule has 0 unspecified atom stereocenters. The van der Waals surface area contributed by atoms with E-state index >= 15 is 0 Å². The molecule has 0 aliphatic carbocycles. The van der Waals surface area contributed by atoms with Crippen LogP contribution in [-0.2, 0) is 4.79 Å². The van der Waals surface area contributed by atoms with E-state index in [1.807, 2.05) is 26.0 Å². The third kappa shape index (κ3) is 7.13. The first-order valence-electron chi connectivity index (χ1n) is 11.0.